The number of piperidine rings is 1. The van der Waals surface area contributed by atoms with Crippen LogP contribution in [0.1, 0.15) is 40.0 Å². The standard InChI is InChI=1S/C12H24N2O2/c1-4-12(6-5-7-13-9-12)11(15)14-16-8-10(2)3/h10,13H,4-9H2,1-3H3,(H,14,15). The first-order valence-electron chi connectivity index (χ1n) is 6.23. The Kier molecular flexibility index (Phi) is 5.22. The minimum absolute atomic E-state index is 0.0304. The lowest BCUT2D eigenvalue weighted by atomic mass is 9.78. The molecule has 4 heteroatoms. The average molecular weight is 228 g/mol. The van der Waals surface area contributed by atoms with E-state index in [4.69, 9.17) is 4.84 Å². The quantitative estimate of drug-likeness (QED) is 0.701. The van der Waals surface area contributed by atoms with E-state index < -0.39 is 0 Å². The summed E-state index contributed by atoms with van der Waals surface area (Å²) in [6.07, 6.45) is 2.87. The monoisotopic (exact) mass is 228 g/mol. The van der Waals surface area contributed by atoms with Gasteiger partial charge in [0.25, 0.3) is 5.91 Å². The SMILES string of the molecule is CCC1(C(=O)NOCC(C)C)CCCNC1. The molecule has 0 aliphatic carbocycles. The molecule has 1 unspecified atom stereocenters. The van der Waals surface area contributed by atoms with Gasteiger partial charge in [-0.1, -0.05) is 20.8 Å². The van der Waals surface area contributed by atoms with Gasteiger partial charge in [0, 0.05) is 6.54 Å². The highest BCUT2D eigenvalue weighted by Crippen LogP contribution is 2.30. The lowest BCUT2D eigenvalue weighted by molar-refractivity contribution is -0.146. The van der Waals surface area contributed by atoms with Gasteiger partial charge in [-0.15, -0.1) is 0 Å². The fraction of sp³-hybridized carbons (Fsp3) is 0.917. The van der Waals surface area contributed by atoms with E-state index in [0.717, 1.165) is 32.4 Å². The molecule has 16 heavy (non-hydrogen) atoms. The molecule has 1 aliphatic rings. The van der Waals surface area contributed by atoms with Gasteiger partial charge >= 0.3 is 0 Å². The number of hydrogen-bond donors (Lipinski definition) is 2. The molecule has 0 bridgehead atoms. The summed E-state index contributed by atoms with van der Waals surface area (Å²) in [5.74, 6) is 0.463. The van der Waals surface area contributed by atoms with E-state index in [9.17, 15) is 4.79 Å². The highest BCUT2D eigenvalue weighted by atomic mass is 16.7. The molecule has 4 nitrogen and oxygen atoms in total. The second kappa shape index (κ2) is 6.21. The molecule has 1 fully saturated rings. The Morgan fingerprint density at radius 2 is 2.31 bits per heavy atom. The third-order valence-electron chi connectivity index (χ3n) is 3.21. The van der Waals surface area contributed by atoms with Crippen LogP contribution in [0.4, 0.5) is 0 Å². The fourth-order valence-electron chi connectivity index (χ4n) is 2.01. The van der Waals surface area contributed by atoms with Crippen LogP contribution in [0.5, 0.6) is 0 Å². The lowest BCUT2D eigenvalue weighted by Crippen LogP contribution is -2.50. The summed E-state index contributed by atoms with van der Waals surface area (Å²) in [4.78, 5) is 17.3. The van der Waals surface area contributed by atoms with Crippen LogP contribution >= 0.6 is 0 Å². The lowest BCUT2D eigenvalue weighted by Gasteiger charge is -2.35. The van der Waals surface area contributed by atoms with Crippen molar-refractivity contribution in [1.29, 1.82) is 0 Å². The first kappa shape index (κ1) is 13.5. The van der Waals surface area contributed by atoms with E-state index in [0.29, 0.717) is 12.5 Å². The Bertz CT molecular complexity index is 223. The summed E-state index contributed by atoms with van der Waals surface area (Å²) in [5.41, 5.74) is 2.33. The highest BCUT2D eigenvalue weighted by Gasteiger charge is 2.37. The van der Waals surface area contributed by atoms with Gasteiger partial charge in [0.2, 0.25) is 0 Å². The molecule has 1 amide bonds. The average Bonchev–Trinajstić information content (AvgIpc) is 2.29. The van der Waals surface area contributed by atoms with Crippen LogP contribution in [0.25, 0.3) is 0 Å². The van der Waals surface area contributed by atoms with Crippen LogP contribution < -0.4 is 10.8 Å². The van der Waals surface area contributed by atoms with Gasteiger partial charge in [0.15, 0.2) is 0 Å². The smallest absolute Gasteiger partial charge is 0.251 e. The minimum atomic E-state index is -0.269. The summed E-state index contributed by atoms with van der Waals surface area (Å²) < 4.78 is 0. The molecule has 1 rings (SSSR count). The number of carbonyl (C=O) groups is 1. The van der Waals surface area contributed by atoms with Crippen molar-refractivity contribution in [3.63, 3.8) is 0 Å². The molecule has 0 aromatic heterocycles. The predicted molar refractivity (Wildman–Crippen MR) is 63.8 cm³/mol. The summed E-state index contributed by atoms with van der Waals surface area (Å²) in [6.45, 7) is 8.53. The summed E-state index contributed by atoms with van der Waals surface area (Å²) in [5, 5.41) is 3.29. The van der Waals surface area contributed by atoms with Gasteiger partial charge in [0.05, 0.1) is 12.0 Å². The zero-order chi connectivity index (χ0) is 12.0. The molecule has 1 atom stereocenters. The van der Waals surface area contributed by atoms with Crippen molar-refractivity contribution in [3.8, 4) is 0 Å². The zero-order valence-electron chi connectivity index (χ0n) is 10.6. The highest BCUT2D eigenvalue weighted by molar-refractivity contribution is 5.82. The van der Waals surface area contributed by atoms with Crippen molar-refractivity contribution in [3.05, 3.63) is 0 Å². The Balaban J connectivity index is 2.42. The maximum atomic E-state index is 12.1. The molecule has 1 saturated heterocycles. The number of carbonyl (C=O) groups excluding carboxylic acids is 1. The third kappa shape index (κ3) is 3.46. The number of amides is 1. The van der Waals surface area contributed by atoms with Gasteiger partial charge in [0.1, 0.15) is 0 Å². The largest absolute Gasteiger partial charge is 0.316 e. The van der Waals surface area contributed by atoms with Crippen molar-refractivity contribution in [2.24, 2.45) is 11.3 Å². The second-order valence-electron chi connectivity index (χ2n) is 5.05. The van der Waals surface area contributed by atoms with E-state index >= 15 is 0 Å². The molecule has 1 aliphatic heterocycles. The van der Waals surface area contributed by atoms with Crippen LogP contribution in [0.2, 0.25) is 0 Å². The molecule has 0 radical (unpaired) electrons. The maximum Gasteiger partial charge on any atom is 0.251 e. The van der Waals surface area contributed by atoms with Crippen LogP contribution in [-0.4, -0.2) is 25.6 Å². The zero-order valence-corrected chi connectivity index (χ0v) is 10.6. The summed E-state index contributed by atoms with van der Waals surface area (Å²) in [7, 11) is 0. The molecule has 0 aromatic carbocycles. The van der Waals surface area contributed by atoms with Crippen molar-refractivity contribution >= 4 is 5.91 Å². The normalized spacial score (nSPS) is 25.8. The van der Waals surface area contributed by atoms with Crippen molar-refractivity contribution in [2.75, 3.05) is 19.7 Å². The van der Waals surface area contributed by atoms with E-state index in [1.807, 2.05) is 0 Å². The Morgan fingerprint density at radius 1 is 1.56 bits per heavy atom. The number of hydroxylamine groups is 1. The van der Waals surface area contributed by atoms with Gasteiger partial charge in [-0.2, -0.15) is 0 Å². The Morgan fingerprint density at radius 3 is 2.81 bits per heavy atom. The Hall–Kier alpha value is -0.610. The van der Waals surface area contributed by atoms with Crippen LogP contribution in [0, 0.1) is 11.3 Å². The third-order valence-corrected chi connectivity index (χ3v) is 3.21. The molecule has 2 N–H and O–H groups in total. The van der Waals surface area contributed by atoms with Gasteiger partial charge in [-0.3, -0.25) is 9.63 Å². The Labute approximate surface area is 98.1 Å². The molecular formula is C12H24N2O2. The predicted octanol–water partition coefficient (Wildman–Crippen LogP) is 1.47. The summed E-state index contributed by atoms with van der Waals surface area (Å²) >= 11 is 0. The van der Waals surface area contributed by atoms with E-state index in [2.05, 4.69) is 31.6 Å². The van der Waals surface area contributed by atoms with Crippen LogP contribution in [0.3, 0.4) is 0 Å². The van der Waals surface area contributed by atoms with Crippen molar-refractivity contribution in [1.82, 2.24) is 10.8 Å². The van der Waals surface area contributed by atoms with E-state index in [1.54, 1.807) is 0 Å². The number of rotatable bonds is 5. The van der Waals surface area contributed by atoms with Crippen molar-refractivity contribution < 1.29 is 9.63 Å². The second-order valence-corrected chi connectivity index (χ2v) is 5.05. The molecule has 0 aromatic rings. The van der Waals surface area contributed by atoms with E-state index in [-0.39, 0.29) is 11.3 Å². The molecular weight excluding hydrogens is 204 g/mol. The number of nitrogens with one attached hydrogen (secondary N) is 2. The van der Waals surface area contributed by atoms with E-state index in [1.165, 1.54) is 0 Å². The van der Waals surface area contributed by atoms with Crippen LogP contribution in [-0.2, 0) is 9.63 Å². The molecule has 94 valence electrons. The number of hydrogen-bond acceptors (Lipinski definition) is 3. The molecule has 0 spiro atoms. The van der Waals surface area contributed by atoms with Gasteiger partial charge < -0.3 is 5.32 Å². The van der Waals surface area contributed by atoms with Crippen molar-refractivity contribution in [2.45, 2.75) is 40.0 Å². The topological polar surface area (TPSA) is 50.4 Å². The van der Waals surface area contributed by atoms with Gasteiger partial charge in [-0.25, -0.2) is 5.48 Å². The fourth-order valence-corrected chi connectivity index (χ4v) is 2.01. The minimum Gasteiger partial charge on any atom is -0.316 e. The van der Waals surface area contributed by atoms with Gasteiger partial charge in [-0.05, 0) is 31.7 Å². The maximum absolute atomic E-state index is 12.1. The first-order chi connectivity index (χ1) is 7.60. The molecule has 1 heterocycles. The summed E-state index contributed by atoms with van der Waals surface area (Å²) in [6, 6.07) is 0. The first-order valence-corrected chi connectivity index (χ1v) is 6.23. The van der Waals surface area contributed by atoms with Crippen LogP contribution in [0.15, 0.2) is 0 Å². The molecule has 0 saturated carbocycles.